The number of carbonyl (C=O) groups is 1. The summed E-state index contributed by atoms with van der Waals surface area (Å²) in [6.45, 7) is 8.03. The fourth-order valence-electron chi connectivity index (χ4n) is 2.36. The molecule has 2 nitrogen and oxygen atoms in total. The van der Waals surface area contributed by atoms with Crippen LogP contribution in [0, 0.1) is 11.3 Å². The Balaban J connectivity index is 5.43. The highest BCUT2D eigenvalue weighted by atomic mass is 19.4. The van der Waals surface area contributed by atoms with E-state index in [9.17, 15) is 23.1 Å². The van der Waals surface area contributed by atoms with E-state index in [-0.39, 0.29) is 23.7 Å². The Kier molecular flexibility index (Phi) is 6.78. The minimum Gasteiger partial charge on any atom is -0.512 e. The largest absolute Gasteiger partial charge is 0.512 e. The monoisotopic (exact) mass is 294 g/mol. The number of Topliss-reactive ketones (excluding diaryl/α,β-unsaturated/α-hetero) is 1. The van der Waals surface area contributed by atoms with Gasteiger partial charge in [0.1, 0.15) is 5.76 Å². The highest BCUT2D eigenvalue weighted by molar-refractivity contribution is 5.99. The lowest BCUT2D eigenvalue weighted by atomic mass is 9.76. The van der Waals surface area contributed by atoms with Gasteiger partial charge in [0.15, 0.2) is 5.78 Å². The molecule has 0 rings (SSSR count). The summed E-state index contributed by atoms with van der Waals surface area (Å²) in [4.78, 5) is 12.3. The van der Waals surface area contributed by atoms with Crippen LogP contribution in [0.5, 0.6) is 0 Å². The molecule has 0 bridgehead atoms. The van der Waals surface area contributed by atoms with Gasteiger partial charge in [0.25, 0.3) is 0 Å². The molecule has 0 aliphatic carbocycles. The third-order valence-corrected chi connectivity index (χ3v) is 4.02. The number of carbonyl (C=O) groups excluding carboxylic acids is 1. The fourth-order valence-corrected chi connectivity index (χ4v) is 2.36. The minimum atomic E-state index is -4.40. The Morgan fingerprint density at radius 3 is 1.90 bits per heavy atom. The molecule has 0 fully saturated rings. The van der Waals surface area contributed by atoms with E-state index in [2.05, 4.69) is 0 Å². The average Bonchev–Trinajstić information content (AvgIpc) is 2.36. The van der Waals surface area contributed by atoms with Crippen molar-refractivity contribution in [2.45, 2.75) is 66.5 Å². The maximum atomic E-state index is 12.6. The third-order valence-electron chi connectivity index (χ3n) is 4.02. The number of hydrogen-bond acceptors (Lipinski definition) is 2. The lowest BCUT2D eigenvalue weighted by molar-refractivity contribution is -0.164. The summed E-state index contributed by atoms with van der Waals surface area (Å²) in [6, 6.07) is 0. The molecule has 0 aliphatic heterocycles. The molecule has 20 heavy (non-hydrogen) atoms. The van der Waals surface area contributed by atoms with Gasteiger partial charge in [-0.1, -0.05) is 27.7 Å². The summed E-state index contributed by atoms with van der Waals surface area (Å²) >= 11 is 0. The Morgan fingerprint density at radius 1 is 1.15 bits per heavy atom. The van der Waals surface area contributed by atoms with Crippen LogP contribution in [0.3, 0.4) is 0 Å². The van der Waals surface area contributed by atoms with Gasteiger partial charge in [-0.05, 0) is 26.2 Å². The Bertz CT molecular complexity index is 368. The second-order valence-corrected chi connectivity index (χ2v) is 5.56. The number of ketones is 1. The first-order chi connectivity index (χ1) is 9.02. The van der Waals surface area contributed by atoms with Gasteiger partial charge in [0, 0.05) is 16.9 Å². The molecule has 0 aliphatic rings. The van der Waals surface area contributed by atoms with Crippen LogP contribution in [0.25, 0.3) is 0 Å². The van der Waals surface area contributed by atoms with Crippen LogP contribution in [0.4, 0.5) is 13.2 Å². The lowest BCUT2D eigenvalue weighted by Crippen LogP contribution is -2.34. The molecule has 1 unspecified atom stereocenters. The van der Waals surface area contributed by atoms with Gasteiger partial charge in [-0.25, -0.2) is 0 Å². The van der Waals surface area contributed by atoms with E-state index >= 15 is 0 Å². The molecule has 0 amide bonds. The number of aliphatic hydroxyl groups excluding tert-OH is 1. The number of allylic oxidation sites excluding steroid dienone is 2. The summed E-state index contributed by atoms with van der Waals surface area (Å²) in [5.41, 5.74) is -1.45. The van der Waals surface area contributed by atoms with Gasteiger partial charge in [-0.2, -0.15) is 13.2 Å². The summed E-state index contributed by atoms with van der Waals surface area (Å²) in [5.74, 6) is -0.852. The van der Waals surface area contributed by atoms with Crippen LogP contribution in [0.15, 0.2) is 11.3 Å². The normalized spacial score (nSPS) is 16.9. The number of aliphatic hydroxyl groups is 1. The molecule has 1 atom stereocenters. The first-order valence-electron chi connectivity index (χ1n) is 7.03. The van der Waals surface area contributed by atoms with Gasteiger partial charge >= 0.3 is 6.18 Å². The Labute approximate surface area is 119 Å². The van der Waals surface area contributed by atoms with Crippen LogP contribution in [0.1, 0.15) is 60.3 Å². The van der Waals surface area contributed by atoms with Crippen molar-refractivity contribution < 1.29 is 23.1 Å². The molecule has 118 valence electrons. The summed E-state index contributed by atoms with van der Waals surface area (Å²) in [5, 5.41) is 10.1. The van der Waals surface area contributed by atoms with Crippen molar-refractivity contribution in [3.63, 3.8) is 0 Å². The van der Waals surface area contributed by atoms with Gasteiger partial charge < -0.3 is 5.11 Å². The van der Waals surface area contributed by atoms with Crippen LogP contribution < -0.4 is 0 Å². The second-order valence-electron chi connectivity index (χ2n) is 5.56. The molecule has 0 aromatic heterocycles. The first kappa shape index (κ1) is 19.0. The van der Waals surface area contributed by atoms with Crippen LogP contribution in [-0.4, -0.2) is 17.1 Å². The van der Waals surface area contributed by atoms with Gasteiger partial charge in [-0.3, -0.25) is 4.79 Å². The van der Waals surface area contributed by atoms with Gasteiger partial charge in [-0.15, -0.1) is 0 Å². The van der Waals surface area contributed by atoms with Crippen LogP contribution in [-0.2, 0) is 4.79 Å². The van der Waals surface area contributed by atoms with Crippen molar-refractivity contribution in [3.8, 4) is 0 Å². The standard InChI is InChI=1S/C15H25F3O2/c1-6-11(7-2)12(19)10(4)13(20)14(5,8-3)9-15(16,17)18/h11,19H,6-9H2,1-5H3/b12-10-. The zero-order valence-electron chi connectivity index (χ0n) is 12.9. The van der Waals surface area contributed by atoms with Crippen molar-refractivity contribution in [2.75, 3.05) is 0 Å². The number of halogens is 3. The van der Waals surface area contributed by atoms with E-state index in [0.717, 1.165) is 0 Å². The van der Waals surface area contributed by atoms with Crippen molar-refractivity contribution in [1.82, 2.24) is 0 Å². The maximum Gasteiger partial charge on any atom is 0.390 e. The Morgan fingerprint density at radius 2 is 1.60 bits per heavy atom. The van der Waals surface area contributed by atoms with E-state index in [1.807, 2.05) is 13.8 Å². The average molecular weight is 294 g/mol. The predicted octanol–water partition coefficient (Wildman–Crippen LogP) is 5.19. The number of rotatable bonds is 7. The second kappa shape index (κ2) is 7.14. The van der Waals surface area contributed by atoms with Crippen molar-refractivity contribution in [2.24, 2.45) is 11.3 Å². The van der Waals surface area contributed by atoms with E-state index < -0.39 is 23.8 Å². The minimum absolute atomic E-state index is 0.0623. The van der Waals surface area contributed by atoms with Crippen LogP contribution in [0.2, 0.25) is 0 Å². The van der Waals surface area contributed by atoms with Gasteiger partial charge in [0.2, 0.25) is 0 Å². The van der Waals surface area contributed by atoms with E-state index in [1.54, 1.807) is 6.92 Å². The molecule has 0 radical (unpaired) electrons. The SMILES string of the molecule is CCC(CC)/C(O)=C(\C)C(=O)C(C)(CC)CC(F)(F)F. The molecule has 0 saturated heterocycles. The topological polar surface area (TPSA) is 37.3 Å². The molecule has 0 aromatic rings. The smallest absolute Gasteiger partial charge is 0.390 e. The molecule has 0 spiro atoms. The predicted molar refractivity (Wildman–Crippen MR) is 73.5 cm³/mol. The molecule has 5 heteroatoms. The quantitative estimate of drug-likeness (QED) is 0.518. The third kappa shape index (κ3) is 4.84. The summed E-state index contributed by atoms with van der Waals surface area (Å²) in [7, 11) is 0. The molecule has 0 aromatic carbocycles. The first-order valence-corrected chi connectivity index (χ1v) is 7.03. The zero-order chi connectivity index (χ0) is 16.1. The number of alkyl halides is 3. The maximum absolute atomic E-state index is 12.6. The van der Waals surface area contributed by atoms with E-state index in [0.29, 0.717) is 12.8 Å². The van der Waals surface area contributed by atoms with Crippen molar-refractivity contribution in [3.05, 3.63) is 11.3 Å². The number of hydrogen-bond donors (Lipinski definition) is 1. The van der Waals surface area contributed by atoms with Crippen molar-refractivity contribution in [1.29, 1.82) is 0 Å². The van der Waals surface area contributed by atoms with Crippen molar-refractivity contribution >= 4 is 5.78 Å². The van der Waals surface area contributed by atoms with E-state index in [4.69, 9.17) is 0 Å². The molecular weight excluding hydrogens is 269 g/mol. The lowest BCUT2D eigenvalue weighted by Gasteiger charge is -2.29. The van der Waals surface area contributed by atoms with Gasteiger partial charge in [0.05, 0.1) is 6.42 Å². The highest BCUT2D eigenvalue weighted by Gasteiger charge is 2.43. The Hall–Kier alpha value is -1.00. The zero-order valence-corrected chi connectivity index (χ0v) is 12.9. The molecule has 0 saturated carbocycles. The molecule has 1 N–H and O–H groups in total. The highest BCUT2D eigenvalue weighted by Crippen LogP contribution is 2.39. The molecular formula is C15H25F3O2. The van der Waals surface area contributed by atoms with E-state index in [1.165, 1.54) is 13.8 Å². The molecule has 0 heterocycles. The summed E-state index contributed by atoms with van der Waals surface area (Å²) < 4.78 is 37.9. The summed E-state index contributed by atoms with van der Waals surface area (Å²) in [6.07, 6.45) is -4.18. The van der Waals surface area contributed by atoms with Crippen LogP contribution >= 0.6 is 0 Å². The fraction of sp³-hybridized carbons (Fsp3) is 0.800.